The molecule has 0 radical (unpaired) electrons. The van der Waals surface area contributed by atoms with Gasteiger partial charge < -0.3 is 19.7 Å². The maximum atomic E-state index is 12.5. The maximum absolute atomic E-state index is 12.5. The lowest BCUT2D eigenvalue weighted by Crippen LogP contribution is -2.53. The summed E-state index contributed by atoms with van der Waals surface area (Å²) in [5.41, 5.74) is 0.744. The number of carbonyl (C=O) groups is 1. The molecule has 0 aromatic heterocycles. The quantitative estimate of drug-likeness (QED) is 0.925. The SMILES string of the molecule is CC(C)Oc1cccc(C(C)NC(=O)N2CCOC(C)(C)C2)c1. The van der Waals surface area contributed by atoms with Gasteiger partial charge in [-0.05, 0) is 52.3 Å². The van der Waals surface area contributed by atoms with E-state index in [2.05, 4.69) is 5.32 Å². The van der Waals surface area contributed by atoms with Gasteiger partial charge in [0.1, 0.15) is 5.75 Å². The Labute approximate surface area is 139 Å². The van der Waals surface area contributed by atoms with Crippen molar-refractivity contribution in [1.82, 2.24) is 10.2 Å². The van der Waals surface area contributed by atoms with Crippen LogP contribution in [0, 0.1) is 0 Å². The van der Waals surface area contributed by atoms with Crippen LogP contribution in [0.2, 0.25) is 0 Å². The van der Waals surface area contributed by atoms with Gasteiger partial charge in [-0.2, -0.15) is 0 Å². The van der Waals surface area contributed by atoms with E-state index in [0.717, 1.165) is 11.3 Å². The van der Waals surface area contributed by atoms with E-state index in [0.29, 0.717) is 19.7 Å². The van der Waals surface area contributed by atoms with Crippen molar-refractivity contribution in [2.45, 2.75) is 52.4 Å². The highest BCUT2D eigenvalue weighted by Gasteiger charge is 2.30. The Morgan fingerprint density at radius 1 is 1.35 bits per heavy atom. The molecule has 1 aromatic rings. The van der Waals surface area contributed by atoms with E-state index in [9.17, 15) is 4.79 Å². The Bertz CT molecular complexity index is 543. The predicted molar refractivity (Wildman–Crippen MR) is 90.8 cm³/mol. The number of urea groups is 1. The highest BCUT2D eigenvalue weighted by molar-refractivity contribution is 5.75. The second-order valence-corrected chi connectivity index (χ2v) is 6.94. The smallest absolute Gasteiger partial charge is 0.318 e. The summed E-state index contributed by atoms with van der Waals surface area (Å²) in [6.45, 7) is 11.8. The van der Waals surface area contributed by atoms with Crippen LogP contribution in [-0.4, -0.2) is 42.3 Å². The first-order valence-corrected chi connectivity index (χ1v) is 8.23. The normalized spacial score (nSPS) is 18.6. The van der Waals surface area contributed by atoms with Gasteiger partial charge in [0.15, 0.2) is 0 Å². The van der Waals surface area contributed by atoms with Crippen LogP contribution in [0.1, 0.15) is 46.2 Å². The van der Waals surface area contributed by atoms with Crippen LogP contribution in [-0.2, 0) is 4.74 Å². The molecule has 0 bridgehead atoms. The van der Waals surface area contributed by atoms with Gasteiger partial charge in [0.25, 0.3) is 0 Å². The van der Waals surface area contributed by atoms with Crippen LogP contribution >= 0.6 is 0 Å². The minimum absolute atomic E-state index is 0.0518. The molecule has 0 spiro atoms. The molecule has 1 saturated heterocycles. The van der Waals surface area contributed by atoms with Gasteiger partial charge in [0.05, 0.1) is 30.9 Å². The van der Waals surface area contributed by atoms with Gasteiger partial charge in [-0.3, -0.25) is 0 Å². The number of nitrogens with zero attached hydrogens (tertiary/aromatic N) is 1. The Hall–Kier alpha value is -1.75. The van der Waals surface area contributed by atoms with Gasteiger partial charge in [-0.1, -0.05) is 12.1 Å². The summed E-state index contributed by atoms with van der Waals surface area (Å²) in [7, 11) is 0. The second-order valence-electron chi connectivity index (χ2n) is 6.94. The minimum atomic E-state index is -0.288. The van der Waals surface area contributed by atoms with Crippen molar-refractivity contribution in [3.63, 3.8) is 0 Å². The van der Waals surface area contributed by atoms with Gasteiger partial charge >= 0.3 is 6.03 Å². The molecule has 5 nitrogen and oxygen atoms in total. The third-order valence-corrected chi connectivity index (χ3v) is 3.78. The lowest BCUT2D eigenvalue weighted by molar-refractivity contribution is -0.0735. The summed E-state index contributed by atoms with van der Waals surface area (Å²) < 4.78 is 11.4. The van der Waals surface area contributed by atoms with Crippen LogP contribution in [0.5, 0.6) is 5.75 Å². The predicted octanol–water partition coefficient (Wildman–Crippen LogP) is 3.36. The van der Waals surface area contributed by atoms with Gasteiger partial charge in [-0.15, -0.1) is 0 Å². The molecule has 1 unspecified atom stereocenters. The summed E-state index contributed by atoms with van der Waals surface area (Å²) >= 11 is 0. The fourth-order valence-electron chi connectivity index (χ4n) is 2.68. The molecule has 1 atom stereocenters. The van der Waals surface area contributed by atoms with E-state index >= 15 is 0 Å². The first-order chi connectivity index (χ1) is 10.8. The Morgan fingerprint density at radius 2 is 2.09 bits per heavy atom. The van der Waals surface area contributed by atoms with Gasteiger partial charge in [0, 0.05) is 6.54 Å². The van der Waals surface area contributed by atoms with Crippen LogP contribution in [0.15, 0.2) is 24.3 Å². The second kappa shape index (κ2) is 7.21. The molecule has 1 aliphatic heterocycles. The lowest BCUT2D eigenvalue weighted by Gasteiger charge is -2.38. The first-order valence-electron chi connectivity index (χ1n) is 8.23. The van der Waals surface area contributed by atoms with E-state index < -0.39 is 0 Å². The van der Waals surface area contributed by atoms with E-state index in [1.54, 1.807) is 0 Å². The number of morpholine rings is 1. The zero-order valence-electron chi connectivity index (χ0n) is 14.8. The van der Waals surface area contributed by atoms with Crippen molar-refractivity contribution >= 4 is 6.03 Å². The third kappa shape index (κ3) is 5.13. The molecule has 2 rings (SSSR count). The number of rotatable bonds is 4. The zero-order valence-corrected chi connectivity index (χ0v) is 14.8. The van der Waals surface area contributed by atoms with Crippen LogP contribution < -0.4 is 10.1 Å². The van der Waals surface area contributed by atoms with Crippen LogP contribution in [0.4, 0.5) is 4.79 Å². The summed E-state index contributed by atoms with van der Waals surface area (Å²) in [5, 5.41) is 3.06. The Morgan fingerprint density at radius 3 is 2.74 bits per heavy atom. The van der Waals surface area contributed by atoms with E-state index in [1.165, 1.54) is 0 Å². The average molecular weight is 320 g/mol. The Kier molecular flexibility index (Phi) is 5.52. The lowest BCUT2D eigenvalue weighted by atomic mass is 10.1. The standard InChI is InChI=1S/C18H28N2O3/c1-13(2)23-16-8-6-7-15(11-16)14(3)19-17(21)20-9-10-22-18(4,5)12-20/h6-8,11,13-14H,9-10,12H2,1-5H3,(H,19,21). The number of nitrogens with one attached hydrogen (secondary N) is 1. The largest absolute Gasteiger partial charge is 0.491 e. The molecule has 0 saturated carbocycles. The molecule has 1 N–H and O–H groups in total. The van der Waals surface area contributed by atoms with Crippen molar-refractivity contribution in [2.75, 3.05) is 19.7 Å². The van der Waals surface area contributed by atoms with Crippen molar-refractivity contribution in [1.29, 1.82) is 0 Å². The van der Waals surface area contributed by atoms with Crippen molar-refractivity contribution in [2.24, 2.45) is 0 Å². The fraction of sp³-hybridized carbons (Fsp3) is 0.611. The number of carbonyl (C=O) groups excluding carboxylic acids is 1. The monoisotopic (exact) mass is 320 g/mol. The molecule has 2 amide bonds. The third-order valence-electron chi connectivity index (χ3n) is 3.78. The van der Waals surface area contributed by atoms with E-state index in [-0.39, 0.29) is 23.8 Å². The zero-order chi connectivity index (χ0) is 17.0. The maximum Gasteiger partial charge on any atom is 0.318 e. The molecule has 23 heavy (non-hydrogen) atoms. The highest BCUT2D eigenvalue weighted by Crippen LogP contribution is 2.21. The van der Waals surface area contributed by atoms with Gasteiger partial charge in [-0.25, -0.2) is 4.79 Å². The van der Waals surface area contributed by atoms with Crippen molar-refractivity contribution in [3.8, 4) is 5.75 Å². The Balaban J connectivity index is 1.98. The minimum Gasteiger partial charge on any atom is -0.491 e. The summed E-state index contributed by atoms with van der Waals surface area (Å²) in [6, 6.07) is 7.74. The summed E-state index contributed by atoms with van der Waals surface area (Å²) in [5.74, 6) is 0.825. The van der Waals surface area contributed by atoms with Crippen LogP contribution in [0.25, 0.3) is 0 Å². The number of hydrogen-bond acceptors (Lipinski definition) is 3. The molecule has 1 heterocycles. The molecular formula is C18H28N2O3. The van der Waals surface area contributed by atoms with Gasteiger partial charge in [0.2, 0.25) is 0 Å². The number of hydrogen-bond donors (Lipinski definition) is 1. The molecule has 5 heteroatoms. The van der Waals surface area contributed by atoms with E-state index in [4.69, 9.17) is 9.47 Å². The summed E-state index contributed by atoms with van der Waals surface area (Å²) in [6.07, 6.45) is 0.130. The molecule has 1 aromatic carbocycles. The van der Waals surface area contributed by atoms with Crippen molar-refractivity contribution < 1.29 is 14.3 Å². The molecule has 1 fully saturated rings. The number of amides is 2. The molecule has 1 aliphatic rings. The number of benzene rings is 1. The first kappa shape index (κ1) is 17.6. The molecule has 128 valence electrons. The van der Waals surface area contributed by atoms with Crippen LogP contribution in [0.3, 0.4) is 0 Å². The topological polar surface area (TPSA) is 50.8 Å². The average Bonchev–Trinajstić information content (AvgIpc) is 2.45. The molecular weight excluding hydrogens is 292 g/mol. The molecule has 0 aliphatic carbocycles. The summed E-state index contributed by atoms with van der Waals surface area (Å²) in [4.78, 5) is 14.3. The fourth-order valence-corrected chi connectivity index (χ4v) is 2.68. The van der Waals surface area contributed by atoms with E-state index in [1.807, 2.05) is 63.8 Å². The van der Waals surface area contributed by atoms with Crippen molar-refractivity contribution in [3.05, 3.63) is 29.8 Å². The highest BCUT2D eigenvalue weighted by atomic mass is 16.5. The number of ether oxygens (including phenoxy) is 2.